The summed E-state index contributed by atoms with van der Waals surface area (Å²) in [5.41, 5.74) is 0.657. The van der Waals surface area contributed by atoms with Crippen LogP contribution >= 0.6 is 31.8 Å². The fourth-order valence-electron chi connectivity index (χ4n) is 6.63. The summed E-state index contributed by atoms with van der Waals surface area (Å²) >= 11 is 0. The fourth-order valence-corrected chi connectivity index (χ4v) is 12.1. The minimum absolute atomic E-state index is 0.181. The van der Waals surface area contributed by atoms with Gasteiger partial charge in [-0.1, -0.05) is 36.4 Å². The van der Waals surface area contributed by atoms with Crippen molar-refractivity contribution in [2.45, 2.75) is 115 Å². The first-order valence-electron chi connectivity index (χ1n) is 14.7. The van der Waals surface area contributed by atoms with Gasteiger partial charge in [-0.15, -0.1) is 0 Å². The van der Waals surface area contributed by atoms with Crippen LogP contribution < -0.4 is 10.6 Å². The lowest BCUT2D eigenvalue weighted by Crippen LogP contribution is -2.59. The van der Waals surface area contributed by atoms with Gasteiger partial charge in [-0.05, 0) is 79.7 Å². The number of rotatable bonds is 8. The average molecular weight is 647 g/mol. The zero-order valence-electron chi connectivity index (χ0n) is 26.5. The van der Waals surface area contributed by atoms with E-state index in [1.54, 1.807) is 31.8 Å². The molecular formula is C32H46N4O4S3. The van der Waals surface area contributed by atoms with Gasteiger partial charge in [0.2, 0.25) is 0 Å². The van der Waals surface area contributed by atoms with Crippen LogP contribution in [0.2, 0.25) is 0 Å². The highest BCUT2D eigenvalue weighted by atomic mass is 33.5. The molecule has 8 nitrogen and oxygen atoms in total. The molecule has 2 aliphatic heterocycles. The molecule has 2 aromatic carbocycles. The molecule has 2 heterocycles. The van der Waals surface area contributed by atoms with Gasteiger partial charge >= 0.3 is 12.2 Å². The molecule has 2 N–H and O–H groups in total. The van der Waals surface area contributed by atoms with Crippen molar-refractivity contribution in [1.82, 2.24) is 8.61 Å². The number of carbonyl (C=O) groups is 2. The number of carbonyl (C=O) groups excluding carboxylic acids is 2. The number of benzene rings is 2. The monoisotopic (exact) mass is 646 g/mol. The van der Waals surface area contributed by atoms with E-state index in [1.165, 1.54) is 0 Å². The third kappa shape index (κ3) is 9.00. The Morgan fingerprint density at radius 3 is 1.21 bits per heavy atom. The predicted octanol–water partition coefficient (Wildman–Crippen LogP) is 9.39. The van der Waals surface area contributed by atoms with Crippen molar-refractivity contribution in [3.63, 3.8) is 0 Å². The van der Waals surface area contributed by atoms with Crippen molar-refractivity contribution in [3.8, 4) is 0 Å². The Hall–Kier alpha value is -2.05. The van der Waals surface area contributed by atoms with E-state index in [0.29, 0.717) is 0 Å². The van der Waals surface area contributed by atoms with Crippen LogP contribution in [0.15, 0.2) is 60.7 Å². The van der Waals surface area contributed by atoms with Gasteiger partial charge in [0.05, 0.1) is 0 Å². The first kappa shape index (κ1) is 33.8. The zero-order valence-corrected chi connectivity index (χ0v) is 29.0. The van der Waals surface area contributed by atoms with Crippen LogP contribution in [0.4, 0.5) is 21.0 Å². The molecule has 0 atom stereocenters. The molecule has 43 heavy (non-hydrogen) atoms. The Labute approximate surface area is 268 Å². The summed E-state index contributed by atoms with van der Waals surface area (Å²) < 4.78 is 16.7. The van der Waals surface area contributed by atoms with E-state index in [4.69, 9.17) is 9.47 Å². The number of hydrogen-bond acceptors (Lipinski definition) is 9. The van der Waals surface area contributed by atoms with Crippen molar-refractivity contribution in [2.24, 2.45) is 0 Å². The summed E-state index contributed by atoms with van der Waals surface area (Å²) in [6, 6.07) is 18.8. The van der Waals surface area contributed by atoms with Crippen molar-refractivity contribution in [1.29, 1.82) is 0 Å². The highest BCUT2D eigenvalue weighted by Gasteiger charge is 2.50. The molecule has 0 aromatic heterocycles. The minimum Gasteiger partial charge on any atom is -0.446 e. The molecule has 2 fully saturated rings. The standard InChI is InChI=1S/C32H46N4O4S3/c1-29(2)19-25(39-27(37)33-23-15-11-9-12-16-23)20-30(3,4)35(29)41-43-42-36-31(5,6)21-26(22-32(36,7)8)40-28(38)34-24-17-13-10-14-18-24/h9-18,25-26H,19-22H2,1-8H3,(H,33,37)(H,34,38). The van der Waals surface area contributed by atoms with Gasteiger partial charge in [-0.25, -0.2) is 18.2 Å². The van der Waals surface area contributed by atoms with Gasteiger partial charge in [-0.2, -0.15) is 0 Å². The van der Waals surface area contributed by atoms with E-state index >= 15 is 0 Å². The summed E-state index contributed by atoms with van der Waals surface area (Å²) in [5, 5.41) is 5.68. The second-order valence-corrected chi connectivity index (χ2v) is 17.6. The number of amides is 2. The number of anilines is 2. The van der Waals surface area contributed by atoms with Crippen LogP contribution in [0.1, 0.15) is 81.1 Å². The Kier molecular flexibility index (Phi) is 10.6. The first-order chi connectivity index (χ1) is 20.1. The number of para-hydroxylation sites is 2. The van der Waals surface area contributed by atoms with Crippen LogP contribution in [0.3, 0.4) is 0 Å². The lowest BCUT2D eigenvalue weighted by molar-refractivity contribution is -0.0247. The molecule has 0 radical (unpaired) electrons. The average Bonchev–Trinajstić information content (AvgIpc) is 2.86. The SMILES string of the molecule is CC1(C)CC(OC(=O)Nc2ccccc2)CC(C)(C)N1SSSN1C(C)(C)CC(OC(=O)Nc2ccccc2)CC1(C)C. The molecule has 236 valence electrons. The Morgan fingerprint density at radius 1 is 0.605 bits per heavy atom. The normalized spacial score (nSPS) is 22.0. The topological polar surface area (TPSA) is 83.1 Å². The number of nitrogens with one attached hydrogen (secondary N) is 2. The number of nitrogens with zero attached hydrogens (tertiary/aromatic N) is 2. The maximum atomic E-state index is 12.6. The molecule has 2 aromatic rings. The van der Waals surface area contributed by atoms with Crippen LogP contribution in [-0.2, 0) is 9.47 Å². The Bertz CT molecular complexity index is 1110. The van der Waals surface area contributed by atoms with Crippen LogP contribution in [0.5, 0.6) is 0 Å². The van der Waals surface area contributed by atoms with Gasteiger partial charge in [-0.3, -0.25) is 10.6 Å². The van der Waals surface area contributed by atoms with E-state index in [-0.39, 0.29) is 34.4 Å². The van der Waals surface area contributed by atoms with Gasteiger partial charge < -0.3 is 9.47 Å². The van der Waals surface area contributed by atoms with Crippen LogP contribution in [-0.4, -0.2) is 55.2 Å². The van der Waals surface area contributed by atoms with Crippen molar-refractivity contribution >= 4 is 55.3 Å². The number of hydrogen-bond donors (Lipinski definition) is 2. The van der Waals surface area contributed by atoms with E-state index in [9.17, 15) is 9.59 Å². The second kappa shape index (κ2) is 13.5. The molecule has 0 saturated carbocycles. The Balaban J connectivity index is 1.31. The van der Waals surface area contributed by atoms with Crippen LogP contribution in [0, 0.1) is 0 Å². The molecule has 4 rings (SSSR count). The Morgan fingerprint density at radius 2 is 0.907 bits per heavy atom. The smallest absolute Gasteiger partial charge is 0.411 e. The maximum absolute atomic E-state index is 12.6. The third-order valence-corrected chi connectivity index (χ3v) is 12.7. The highest BCUT2D eigenvalue weighted by Crippen LogP contribution is 2.55. The molecule has 0 bridgehead atoms. The summed E-state index contributed by atoms with van der Waals surface area (Å²) in [6.07, 6.45) is 1.76. The molecule has 0 aliphatic carbocycles. The third-order valence-electron chi connectivity index (χ3n) is 7.91. The van der Waals surface area contributed by atoms with Crippen molar-refractivity contribution in [2.75, 3.05) is 10.6 Å². The van der Waals surface area contributed by atoms with E-state index in [1.807, 2.05) is 60.7 Å². The molecule has 2 aliphatic rings. The quantitative estimate of drug-likeness (QED) is 0.215. The molecular weight excluding hydrogens is 601 g/mol. The largest absolute Gasteiger partial charge is 0.446 e. The maximum Gasteiger partial charge on any atom is 0.411 e. The molecule has 2 saturated heterocycles. The first-order valence-corrected chi connectivity index (χ1v) is 18.1. The van der Waals surface area contributed by atoms with Gasteiger partial charge in [0.25, 0.3) is 0 Å². The van der Waals surface area contributed by atoms with E-state index in [2.05, 4.69) is 74.6 Å². The summed E-state index contributed by atoms with van der Waals surface area (Å²) in [6.45, 7) is 17.7. The van der Waals surface area contributed by atoms with Crippen molar-refractivity contribution < 1.29 is 19.1 Å². The fraction of sp³-hybridized carbons (Fsp3) is 0.562. The summed E-state index contributed by atoms with van der Waals surface area (Å²) in [7, 11) is 5.28. The highest BCUT2D eigenvalue weighted by molar-refractivity contribution is 9.08. The van der Waals surface area contributed by atoms with Crippen LogP contribution in [0.25, 0.3) is 0 Å². The van der Waals surface area contributed by atoms with Gasteiger partial charge in [0.1, 0.15) is 12.2 Å². The molecule has 11 heteroatoms. The van der Waals surface area contributed by atoms with Gasteiger partial charge in [0, 0.05) is 91.0 Å². The zero-order chi connectivity index (χ0) is 31.5. The molecule has 0 unspecified atom stereocenters. The summed E-state index contributed by atoms with van der Waals surface area (Å²) in [5.74, 6) is 0. The lowest BCUT2D eigenvalue weighted by atomic mass is 9.81. The lowest BCUT2D eigenvalue weighted by Gasteiger charge is -2.54. The van der Waals surface area contributed by atoms with E-state index < -0.39 is 12.2 Å². The van der Waals surface area contributed by atoms with Crippen molar-refractivity contribution in [3.05, 3.63) is 60.7 Å². The predicted molar refractivity (Wildman–Crippen MR) is 182 cm³/mol. The number of piperidine rings is 2. The summed E-state index contributed by atoms with van der Waals surface area (Å²) in [4.78, 5) is 25.2. The minimum atomic E-state index is -0.414. The molecule has 0 spiro atoms. The second-order valence-electron chi connectivity index (χ2n) is 13.9. The van der Waals surface area contributed by atoms with Gasteiger partial charge in [0.15, 0.2) is 0 Å². The molecule has 2 amide bonds. The van der Waals surface area contributed by atoms with E-state index in [0.717, 1.165) is 37.1 Å². The number of ether oxygens (including phenoxy) is 2.